The summed E-state index contributed by atoms with van der Waals surface area (Å²) < 4.78 is 0. The third-order valence-corrected chi connectivity index (χ3v) is 4.27. The Bertz CT molecular complexity index is 504. The summed E-state index contributed by atoms with van der Waals surface area (Å²) in [4.78, 5) is 11.2. The van der Waals surface area contributed by atoms with Crippen molar-refractivity contribution in [1.82, 2.24) is 0 Å². The molecule has 0 bridgehead atoms. The molecule has 1 aromatic rings. The second-order valence-electron chi connectivity index (χ2n) is 5.22. The topological polar surface area (TPSA) is 57.5 Å². The van der Waals surface area contributed by atoms with E-state index in [1.807, 2.05) is 44.2 Å². The third kappa shape index (κ3) is 2.30. The van der Waals surface area contributed by atoms with Gasteiger partial charge in [0, 0.05) is 11.5 Å². The maximum atomic E-state index is 11.2. The Morgan fingerprint density at radius 1 is 1.37 bits per heavy atom. The van der Waals surface area contributed by atoms with E-state index in [1.54, 1.807) is 0 Å². The third-order valence-electron chi connectivity index (χ3n) is 4.27. The molecule has 1 aliphatic rings. The van der Waals surface area contributed by atoms with E-state index in [0.717, 1.165) is 17.6 Å². The molecule has 2 unspecified atom stereocenters. The van der Waals surface area contributed by atoms with Crippen LogP contribution in [0.25, 0.3) is 0 Å². The van der Waals surface area contributed by atoms with Gasteiger partial charge in [-0.2, -0.15) is 0 Å². The molecule has 1 aromatic carbocycles. The molecule has 3 nitrogen and oxygen atoms in total. The van der Waals surface area contributed by atoms with E-state index < -0.39 is 11.6 Å². The molecule has 3 heteroatoms. The molecule has 0 amide bonds. The second kappa shape index (κ2) is 5.17. The van der Waals surface area contributed by atoms with Gasteiger partial charge in [-0.05, 0) is 31.7 Å². The summed E-state index contributed by atoms with van der Waals surface area (Å²) in [5.74, 6) is -0.985. The predicted molar refractivity (Wildman–Crippen MR) is 73.7 cm³/mol. The van der Waals surface area contributed by atoms with Gasteiger partial charge in [0.2, 0.25) is 0 Å². The number of carboxylic acids is 1. The molecule has 1 aliphatic carbocycles. The summed E-state index contributed by atoms with van der Waals surface area (Å²) in [7, 11) is 0. The Morgan fingerprint density at radius 2 is 2.00 bits per heavy atom. The summed E-state index contributed by atoms with van der Waals surface area (Å²) in [6.45, 7) is 3.83. The second-order valence-corrected chi connectivity index (χ2v) is 5.22. The van der Waals surface area contributed by atoms with Crippen molar-refractivity contribution in [2.75, 3.05) is 0 Å². The number of carboxylic acid groups (broad SMARTS) is 1. The zero-order valence-electron chi connectivity index (χ0n) is 11.4. The highest BCUT2D eigenvalue weighted by molar-refractivity contribution is 5.87. The molecule has 2 atom stereocenters. The van der Waals surface area contributed by atoms with Crippen LogP contribution in [0.2, 0.25) is 0 Å². The van der Waals surface area contributed by atoms with Crippen molar-refractivity contribution in [3.8, 4) is 0 Å². The van der Waals surface area contributed by atoms with Gasteiger partial charge in [0.25, 0.3) is 0 Å². The van der Waals surface area contributed by atoms with Crippen LogP contribution in [0, 0.1) is 5.92 Å². The lowest BCUT2D eigenvalue weighted by Gasteiger charge is -2.41. The van der Waals surface area contributed by atoms with Crippen molar-refractivity contribution < 1.29 is 15.0 Å². The summed E-state index contributed by atoms with van der Waals surface area (Å²) in [6, 6.07) is 9.57. The van der Waals surface area contributed by atoms with Gasteiger partial charge in [0.1, 0.15) is 0 Å². The Balaban J connectivity index is 2.47. The first-order chi connectivity index (χ1) is 9.00. The number of carbonyl (C=O) groups is 1. The van der Waals surface area contributed by atoms with Crippen LogP contribution in [0.4, 0.5) is 0 Å². The summed E-state index contributed by atoms with van der Waals surface area (Å²) in [5, 5.41) is 20.3. The van der Waals surface area contributed by atoms with Gasteiger partial charge in [-0.1, -0.05) is 42.8 Å². The smallest absolute Gasteiger partial charge is 0.331 e. The number of hydrogen-bond acceptors (Lipinski definition) is 2. The molecular formula is C16H20O3. The molecule has 0 fully saturated rings. The Hall–Kier alpha value is -1.61. The minimum Gasteiger partial charge on any atom is -0.478 e. The standard InChI is InChI=1S/C16H20O3/c1-3-14-11(2)13(15(17)18)9-10-16(14,19)12-7-5-4-6-8-12/h4-8,14,19H,3,9-10H2,1-2H3,(H,17,18). The van der Waals surface area contributed by atoms with Gasteiger partial charge in [-0.25, -0.2) is 4.79 Å². The van der Waals surface area contributed by atoms with Crippen LogP contribution < -0.4 is 0 Å². The Morgan fingerprint density at radius 3 is 2.53 bits per heavy atom. The molecule has 0 radical (unpaired) electrons. The fourth-order valence-electron chi connectivity index (χ4n) is 3.25. The predicted octanol–water partition coefficient (Wildman–Crippen LogP) is 3.10. The summed E-state index contributed by atoms with van der Waals surface area (Å²) >= 11 is 0. The van der Waals surface area contributed by atoms with E-state index in [-0.39, 0.29) is 5.92 Å². The zero-order valence-corrected chi connectivity index (χ0v) is 11.4. The normalized spacial score (nSPS) is 27.4. The summed E-state index contributed by atoms with van der Waals surface area (Å²) in [5.41, 5.74) is 1.21. The molecule has 0 saturated heterocycles. The van der Waals surface area contributed by atoms with E-state index in [0.29, 0.717) is 18.4 Å². The van der Waals surface area contributed by atoms with E-state index in [9.17, 15) is 15.0 Å². The maximum Gasteiger partial charge on any atom is 0.331 e. The van der Waals surface area contributed by atoms with Crippen LogP contribution in [-0.4, -0.2) is 16.2 Å². The first kappa shape index (κ1) is 13.8. The average molecular weight is 260 g/mol. The summed E-state index contributed by atoms with van der Waals surface area (Å²) in [6.07, 6.45) is 1.62. The van der Waals surface area contributed by atoms with Gasteiger partial charge in [-0.3, -0.25) is 0 Å². The molecule has 19 heavy (non-hydrogen) atoms. The number of rotatable bonds is 3. The van der Waals surface area contributed by atoms with Gasteiger partial charge in [-0.15, -0.1) is 0 Å². The highest BCUT2D eigenvalue weighted by Gasteiger charge is 2.42. The fraction of sp³-hybridized carbons (Fsp3) is 0.438. The number of benzene rings is 1. The molecule has 0 heterocycles. The van der Waals surface area contributed by atoms with Crippen LogP contribution >= 0.6 is 0 Å². The van der Waals surface area contributed by atoms with Crippen LogP contribution in [0.5, 0.6) is 0 Å². The molecule has 2 N–H and O–H groups in total. The first-order valence-corrected chi connectivity index (χ1v) is 6.71. The van der Waals surface area contributed by atoms with E-state index >= 15 is 0 Å². The monoisotopic (exact) mass is 260 g/mol. The zero-order chi connectivity index (χ0) is 14.0. The van der Waals surface area contributed by atoms with Gasteiger partial charge < -0.3 is 10.2 Å². The van der Waals surface area contributed by atoms with Gasteiger partial charge in [0.15, 0.2) is 0 Å². The lowest BCUT2D eigenvalue weighted by Crippen LogP contribution is -2.39. The van der Waals surface area contributed by atoms with E-state index in [4.69, 9.17) is 0 Å². The molecule has 0 aliphatic heterocycles. The maximum absolute atomic E-state index is 11.2. The Kier molecular flexibility index (Phi) is 3.76. The Labute approximate surface area is 113 Å². The molecule has 0 spiro atoms. The molecule has 0 aromatic heterocycles. The van der Waals surface area contributed by atoms with Crippen LogP contribution in [0.3, 0.4) is 0 Å². The fourth-order valence-corrected chi connectivity index (χ4v) is 3.25. The van der Waals surface area contributed by atoms with Crippen LogP contribution in [0.1, 0.15) is 38.7 Å². The number of hydrogen-bond donors (Lipinski definition) is 2. The molecular weight excluding hydrogens is 240 g/mol. The lowest BCUT2D eigenvalue weighted by atomic mass is 9.68. The minimum atomic E-state index is -0.945. The van der Waals surface area contributed by atoms with Gasteiger partial charge >= 0.3 is 5.97 Å². The van der Waals surface area contributed by atoms with Crippen molar-refractivity contribution in [2.24, 2.45) is 5.92 Å². The number of aliphatic carboxylic acids is 1. The van der Waals surface area contributed by atoms with Crippen molar-refractivity contribution in [3.05, 3.63) is 47.0 Å². The van der Waals surface area contributed by atoms with Crippen molar-refractivity contribution in [2.45, 2.75) is 38.7 Å². The molecule has 0 saturated carbocycles. The molecule has 2 rings (SSSR count). The highest BCUT2D eigenvalue weighted by atomic mass is 16.4. The van der Waals surface area contributed by atoms with Crippen LogP contribution in [-0.2, 0) is 10.4 Å². The number of aliphatic hydroxyl groups is 1. The lowest BCUT2D eigenvalue weighted by molar-refractivity contribution is -0.133. The van der Waals surface area contributed by atoms with Crippen molar-refractivity contribution in [3.63, 3.8) is 0 Å². The van der Waals surface area contributed by atoms with Crippen LogP contribution in [0.15, 0.2) is 41.5 Å². The quantitative estimate of drug-likeness (QED) is 0.878. The van der Waals surface area contributed by atoms with E-state index in [2.05, 4.69) is 0 Å². The SMILES string of the molecule is CCC1C(C)=C(C(=O)O)CCC1(O)c1ccccc1. The van der Waals surface area contributed by atoms with Crippen molar-refractivity contribution >= 4 is 5.97 Å². The average Bonchev–Trinajstić information content (AvgIpc) is 2.40. The highest BCUT2D eigenvalue weighted by Crippen LogP contribution is 2.45. The first-order valence-electron chi connectivity index (χ1n) is 6.71. The van der Waals surface area contributed by atoms with E-state index in [1.165, 1.54) is 0 Å². The molecule has 102 valence electrons. The van der Waals surface area contributed by atoms with Crippen molar-refractivity contribution in [1.29, 1.82) is 0 Å². The largest absolute Gasteiger partial charge is 0.478 e. The minimum absolute atomic E-state index is 0.130. The van der Waals surface area contributed by atoms with Gasteiger partial charge in [0.05, 0.1) is 5.60 Å².